The van der Waals surface area contributed by atoms with E-state index >= 15 is 0 Å². The number of carbonyl (C=O) groups excluding carboxylic acids is 2. The van der Waals surface area contributed by atoms with E-state index in [9.17, 15) is 9.59 Å². The van der Waals surface area contributed by atoms with Crippen molar-refractivity contribution in [2.75, 3.05) is 17.8 Å². The maximum Gasteiger partial charge on any atom is 0.255 e. The summed E-state index contributed by atoms with van der Waals surface area (Å²) in [6.45, 7) is 7.26. The molecule has 0 radical (unpaired) electrons. The highest BCUT2D eigenvalue weighted by atomic mass is 79.9. The summed E-state index contributed by atoms with van der Waals surface area (Å²) >= 11 is 1.82. The Bertz CT molecular complexity index is 1090. The Morgan fingerprint density at radius 1 is 0.949 bits per heavy atom. The van der Waals surface area contributed by atoms with Crippen molar-refractivity contribution in [1.29, 1.82) is 0 Å². The van der Waals surface area contributed by atoms with Crippen LogP contribution in [-0.2, 0) is 6.54 Å². The second-order valence-corrected chi connectivity index (χ2v) is 11.4. The number of Topliss-reactive ketones (excluding diaryl/α,β-unsaturated/α-hetero) is 1. The first-order chi connectivity index (χ1) is 18.5. The van der Waals surface area contributed by atoms with Crippen molar-refractivity contribution < 1.29 is 14.3 Å². The van der Waals surface area contributed by atoms with Crippen LogP contribution in [0.2, 0.25) is 0 Å². The van der Waals surface area contributed by atoms with Gasteiger partial charge >= 0.3 is 0 Å². The molecule has 0 aliphatic carbocycles. The average Bonchev–Trinajstić information content (AvgIpc) is 3.32. The molecule has 0 bridgehead atoms. The first kappa shape index (κ1) is 33.0. The molecular weight excluding hydrogens is 572 g/mol. The molecule has 0 fully saturated rings. The molecule has 0 unspecified atom stereocenters. The highest BCUT2D eigenvalue weighted by molar-refractivity contribution is 8.93. The van der Waals surface area contributed by atoms with Crippen LogP contribution in [0.25, 0.3) is 0 Å². The van der Waals surface area contributed by atoms with Gasteiger partial charge in [-0.3, -0.25) is 9.59 Å². The monoisotopic (exact) mass is 616 g/mol. The van der Waals surface area contributed by atoms with Crippen molar-refractivity contribution in [1.82, 2.24) is 4.90 Å². The van der Waals surface area contributed by atoms with Gasteiger partial charge in [0.05, 0.1) is 18.0 Å². The topological polar surface area (TPSA) is 58.6 Å². The Labute approximate surface area is 249 Å². The Balaban J connectivity index is 0.00000533. The summed E-state index contributed by atoms with van der Waals surface area (Å²) in [6, 6.07) is 13.0. The van der Waals surface area contributed by atoms with E-state index in [1.807, 2.05) is 36.0 Å². The average molecular weight is 618 g/mol. The third kappa shape index (κ3) is 11.8. The molecule has 1 aliphatic rings. The van der Waals surface area contributed by atoms with Gasteiger partial charge in [-0.1, -0.05) is 76.8 Å². The zero-order valence-electron chi connectivity index (χ0n) is 23.8. The minimum atomic E-state index is -0.192. The summed E-state index contributed by atoms with van der Waals surface area (Å²) < 4.78 is 5.96. The summed E-state index contributed by atoms with van der Waals surface area (Å²) in [5, 5.41) is 2.94. The Kier molecular flexibility index (Phi) is 15.4. The zero-order chi connectivity index (χ0) is 27.2. The third-order valence-corrected chi connectivity index (χ3v) is 7.79. The molecule has 2 aromatic rings. The predicted molar refractivity (Wildman–Crippen MR) is 170 cm³/mol. The van der Waals surface area contributed by atoms with E-state index < -0.39 is 0 Å². The molecule has 2 aromatic carbocycles. The molecule has 0 aromatic heterocycles. The molecule has 0 saturated carbocycles. The van der Waals surface area contributed by atoms with Crippen LogP contribution in [-0.4, -0.2) is 29.1 Å². The lowest BCUT2D eigenvalue weighted by molar-refractivity contribution is 0.100. The van der Waals surface area contributed by atoms with E-state index in [1.54, 1.807) is 18.2 Å². The normalized spacial score (nSPS) is 12.6. The van der Waals surface area contributed by atoms with Crippen molar-refractivity contribution in [3.8, 4) is 5.75 Å². The lowest BCUT2D eigenvalue weighted by Crippen LogP contribution is -2.15. The molecule has 3 rings (SSSR count). The Hall–Kier alpha value is -2.25. The number of ether oxygens (including phenoxy) is 1. The van der Waals surface area contributed by atoms with Gasteiger partial charge in [-0.25, -0.2) is 0 Å². The molecule has 0 saturated heterocycles. The van der Waals surface area contributed by atoms with Gasteiger partial charge in [0.2, 0.25) is 0 Å². The van der Waals surface area contributed by atoms with Crippen molar-refractivity contribution in [2.45, 2.75) is 91.5 Å². The minimum Gasteiger partial charge on any atom is -0.493 e. The number of anilines is 1. The van der Waals surface area contributed by atoms with Crippen molar-refractivity contribution in [2.24, 2.45) is 0 Å². The van der Waals surface area contributed by atoms with Crippen LogP contribution in [0.5, 0.6) is 5.75 Å². The third-order valence-electron chi connectivity index (χ3n) is 6.77. The lowest BCUT2D eigenvalue weighted by atomic mass is 10.1. The SMILES string of the molecule is Br.CCCCCCCCCCCCOc1ccc(NC(=O)c2cccc(CN3C=C(C)SC3)c2)cc1C(C)=O. The van der Waals surface area contributed by atoms with Crippen LogP contribution in [0.1, 0.15) is 111 Å². The van der Waals surface area contributed by atoms with E-state index in [1.165, 1.54) is 63.2 Å². The predicted octanol–water partition coefficient (Wildman–Crippen LogP) is 9.39. The largest absolute Gasteiger partial charge is 0.493 e. The van der Waals surface area contributed by atoms with Gasteiger partial charge in [0.1, 0.15) is 5.75 Å². The minimum absolute atomic E-state index is 0. The Morgan fingerprint density at radius 2 is 1.64 bits per heavy atom. The first-order valence-electron chi connectivity index (χ1n) is 14.2. The van der Waals surface area contributed by atoms with E-state index in [2.05, 4.69) is 30.3 Å². The molecule has 0 spiro atoms. The second-order valence-electron chi connectivity index (χ2n) is 10.2. The summed E-state index contributed by atoms with van der Waals surface area (Å²) in [7, 11) is 0. The summed E-state index contributed by atoms with van der Waals surface area (Å²) in [5.74, 6) is 1.25. The van der Waals surface area contributed by atoms with Gasteiger partial charge < -0.3 is 15.0 Å². The number of halogens is 1. The summed E-state index contributed by atoms with van der Waals surface area (Å²) in [4.78, 5) is 28.8. The summed E-state index contributed by atoms with van der Waals surface area (Å²) in [5.41, 5.74) is 2.77. The fraction of sp³-hybridized carbons (Fsp3) is 0.500. The number of rotatable bonds is 17. The van der Waals surface area contributed by atoms with Crippen LogP contribution in [0.3, 0.4) is 0 Å². The highest BCUT2D eigenvalue weighted by Crippen LogP contribution is 2.27. The van der Waals surface area contributed by atoms with Gasteiger partial charge in [0.25, 0.3) is 5.91 Å². The molecule has 1 amide bonds. The number of thioether (sulfide) groups is 1. The van der Waals surface area contributed by atoms with Gasteiger partial charge in [-0.15, -0.1) is 28.7 Å². The molecule has 0 atom stereocenters. The molecule has 1 aliphatic heterocycles. The summed E-state index contributed by atoms with van der Waals surface area (Å²) in [6.07, 6.45) is 14.9. The maximum atomic E-state index is 12.9. The molecule has 5 nitrogen and oxygen atoms in total. The van der Waals surface area contributed by atoms with E-state index in [4.69, 9.17) is 4.74 Å². The number of unbranched alkanes of at least 4 members (excludes halogenated alkanes) is 9. The number of hydrogen-bond donors (Lipinski definition) is 1. The van der Waals surface area contributed by atoms with Crippen molar-refractivity contribution >= 4 is 46.1 Å². The van der Waals surface area contributed by atoms with E-state index in [0.717, 1.165) is 30.8 Å². The van der Waals surface area contributed by atoms with Crippen LogP contribution >= 0.6 is 28.7 Å². The van der Waals surface area contributed by atoms with Crippen LogP contribution < -0.4 is 10.1 Å². The number of benzene rings is 2. The molecule has 1 heterocycles. The van der Waals surface area contributed by atoms with Crippen LogP contribution in [0.15, 0.2) is 53.6 Å². The van der Waals surface area contributed by atoms with Gasteiger partial charge in [-0.2, -0.15) is 0 Å². The molecule has 1 N–H and O–H groups in total. The van der Waals surface area contributed by atoms with Crippen LogP contribution in [0, 0.1) is 0 Å². The zero-order valence-corrected chi connectivity index (χ0v) is 26.3. The Morgan fingerprint density at radius 3 is 2.28 bits per heavy atom. The highest BCUT2D eigenvalue weighted by Gasteiger charge is 2.14. The second kappa shape index (κ2) is 18.2. The number of hydrogen-bond acceptors (Lipinski definition) is 5. The molecule has 7 heteroatoms. The van der Waals surface area contributed by atoms with Gasteiger partial charge in [-0.05, 0) is 61.1 Å². The molecule has 214 valence electrons. The van der Waals surface area contributed by atoms with E-state index in [0.29, 0.717) is 29.2 Å². The fourth-order valence-electron chi connectivity index (χ4n) is 4.64. The number of allylic oxidation sites excluding steroid dienone is 1. The number of carbonyl (C=O) groups is 2. The molecule has 39 heavy (non-hydrogen) atoms. The smallest absolute Gasteiger partial charge is 0.255 e. The van der Waals surface area contributed by atoms with Crippen LogP contribution in [0.4, 0.5) is 5.69 Å². The molecular formula is C32H45BrN2O3S. The standard InChI is InChI=1S/C32H44N2O3S.BrH/c1-4-5-6-7-8-9-10-11-12-13-19-37-31-18-17-29(21-30(31)26(3)35)33-32(36)28-16-14-15-27(20-28)23-34-22-25(2)38-24-34;/h14-18,20-22H,4-13,19,23-24H2,1-3H3,(H,33,36);1H. The first-order valence-corrected chi connectivity index (χ1v) is 15.2. The quantitative estimate of drug-likeness (QED) is 0.142. The maximum absolute atomic E-state index is 12.9. The number of nitrogens with one attached hydrogen (secondary N) is 1. The van der Waals surface area contributed by atoms with E-state index in [-0.39, 0.29) is 28.7 Å². The number of nitrogens with zero attached hydrogens (tertiary/aromatic N) is 1. The number of ketones is 1. The van der Waals surface area contributed by atoms with Crippen molar-refractivity contribution in [3.63, 3.8) is 0 Å². The fourth-order valence-corrected chi connectivity index (χ4v) is 5.40. The van der Waals surface area contributed by atoms with Gasteiger partial charge in [0, 0.05) is 24.0 Å². The van der Waals surface area contributed by atoms with Gasteiger partial charge in [0.15, 0.2) is 5.78 Å². The lowest BCUT2D eigenvalue weighted by Gasteiger charge is -2.15. The number of amides is 1. The van der Waals surface area contributed by atoms with Crippen molar-refractivity contribution in [3.05, 3.63) is 70.3 Å².